The third kappa shape index (κ3) is 13.9. The lowest BCUT2D eigenvalue weighted by Crippen LogP contribution is -2.59. The van der Waals surface area contributed by atoms with Gasteiger partial charge in [0.25, 0.3) is 11.8 Å². The van der Waals surface area contributed by atoms with Crippen molar-refractivity contribution in [2.24, 2.45) is 5.41 Å². The molecule has 2 aromatic heterocycles. The Kier molecular flexibility index (Phi) is 17.6. The Hall–Kier alpha value is -5.95. The highest BCUT2D eigenvalue weighted by Gasteiger charge is 2.53. The van der Waals surface area contributed by atoms with Crippen molar-refractivity contribution >= 4 is 51.9 Å². The monoisotopic (exact) mass is 980 g/mol. The molecule has 1 aliphatic carbocycles. The Morgan fingerprint density at radius 3 is 2.43 bits per heavy atom. The van der Waals surface area contributed by atoms with Gasteiger partial charge in [0.15, 0.2) is 5.67 Å². The average Bonchev–Trinajstić information content (AvgIpc) is 3.60. The lowest BCUT2D eigenvalue weighted by atomic mass is 9.85. The summed E-state index contributed by atoms with van der Waals surface area (Å²) < 4.78 is 32.9. The number of hydrogen-bond acceptors (Lipinski definition) is 11. The summed E-state index contributed by atoms with van der Waals surface area (Å²) in [5.74, 6) is -1.87. The molecule has 3 heterocycles. The Bertz CT molecular complexity index is 2600. The van der Waals surface area contributed by atoms with Gasteiger partial charge < -0.3 is 39.8 Å². The van der Waals surface area contributed by atoms with Crippen LogP contribution in [-0.2, 0) is 48.2 Å². The van der Waals surface area contributed by atoms with Crippen molar-refractivity contribution in [2.45, 2.75) is 90.3 Å². The van der Waals surface area contributed by atoms with Gasteiger partial charge in [0, 0.05) is 72.8 Å². The summed E-state index contributed by atoms with van der Waals surface area (Å²) in [4.78, 5) is 60.0. The van der Waals surface area contributed by atoms with Crippen LogP contribution in [0.2, 0.25) is 0 Å². The molecule has 1 saturated heterocycles. The van der Waals surface area contributed by atoms with Crippen LogP contribution >= 0.6 is 11.3 Å². The molecule has 0 radical (unpaired) electrons. The van der Waals surface area contributed by atoms with E-state index in [1.165, 1.54) is 21.9 Å². The number of hydroxylamine groups is 1. The van der Waals surface area contributed by atoms with E-state index in [0.717, 1.165) is 45.6 Å². The van der Waals surface area contributed by atoms with Crippen LogP contribution in [0.4, 0.5) is 4.39 Å². The van der Waals surface area contributed by atoms with Crippen LogP contribution in [0, 0.1) is 12.3 Å². The number of thiophene rings is 1. The second-order valence-corrected chi connectivity index (χ2v) is 20.0. The number of rotatable bonds is 24. The number of aromatic amines is 1. The molecule has 2 aliphatic rings. The highest BCUT2D eigenvalue weighted by atomic mass is 32.1. The van der Waals surface area contributed by atoms with Crippen LogP contribution in [0.1, 0.15) is 67.9 Å². The zero-order chi connectivity index (χ0) is 49.8. The van der Waals surface area contributed by atoms with Gasteiger partial charge in [0.2, 0.25) is 11.8 Å². The number of carbonyl (C=O) groups is 4. The second-order valence-electron chi connectivity index (χ2n) is 19.1. The van der Waals surface area contributed by atoms with Gasteiger partial charge in [0.05, 0.1) is 32.5 Å². The van der Waals surface area contributed by atoms with Gasteiger partial charge in [-0.2, -0.15) is 0 Å². The van der Waals surface area contributed by atoms with E-state index >= 15 is 0 Å². The van der Waals surface area contributed by atoms with E-state index in [4.69, 9.17) is 19.4 Å². The molecule has 4 amide bonds. The lowest BCUT2D eigenvalue weighted by Gasteiger charge is -2.35. The maximum Gasteiger partial charge on any atom is 0.267 e. The van der Waals surface area contributed by atoms with E-state index in [0.29, 0.717) is 44.2 Å². The maximum absolute atomic E-state index is 14.7. The Morgan fingerprint density at radius 2 is 1.71 bits per heavy atom. The lowest BCUT2D eigenvalue weighted by molar-refractivity contribution is -0.145. The molecule has 0 bridgehead atoms. The number of hydrogen-bond donors (Lipinski definition) is 6. The molecule has 3 aromatic carbocycles. The van der Waals surface area contributed by atoms with Gasteiger partial charge in [-0.25, -0.2) is 9.87 Å². The number of fused-ring (bicyclic) bond motifs is 1. The largest absolute Gasteiger partial charge is 0.491 e. The molecule has 374 valence electrons. The summed E-state index contributed by atoms with van der Waals surface area (Å²) in [6.07, 6.45) is 5.10. The second kappa shape index (κ2) is 23.8. The number of nitrogens with one attached hydrogen (secondary N) is 4. The standard InChI is InChI=1S/C53H65FN6O9S/c1-35-18-28-70-47(35)38-14-15-40(32-56-49(63)44-30-41(61)34-60(44)50(64)48(52(2,3)4)57-51(65)53(54)19-20-53)45(29-38)69-27-26-68-25-24-67-23-22-59(21-17-39-31-55-43-8-6-5-7-42(39)43)33-37-11-9-36(10-12-37)13-16-46(62)58-66/h5-16,18,28-29,31,41,44,48,55,61,66H,17,19-27,30,32-34H2,1-4H3,(H,56,63)(H,57,65)(H,58,62)/b16-13+/t41-,44+,48-/m1/s1. The van der Waals surface area contributed by atoms with Gasteiger partial charge >= 0.3 is 0 Å². The third-order valence-corrected chi connectivity index (χ3v) is 13.8. The van der Waals surface area contributed by atoms with Gasteiger partial charge in [-0.1, -0.05) is 75.4 Å². The molecular formula is C53H65FN6O9S. The number of halogens is 1. The Morgan fingerprint density at radius 1 is 0.971 bits per heavy atom. The molecule has 7 rings (SSSR count). The quantitative estimate of drug-likeness (QED) is 0.0172. The topological polar surface area (TPSA) is 195 Å². The molecule has 1 aliphatic heterocycles. The summed E-state index contributed by atoms with van der Waals surface area (Å²) >= 11 is 1.62. The molecule has 2 fully saturated rings. The molecule has 0 unspecified atom stereocenters. The Balaban J connectivity index is 0.903. The van der Waals surface area contributed by atoms with Crippen LogP contribution in [0.15, 0.2) is 90.4 Å². The first-order valence-corrected chi connectivity index (χ1v) is 24.7. The number of likely N-dealkylation sites (tertiary alicyclic amines) is 1. The van der Waals surface area contributed by atoms with Crippen molar-refractivity contribution in [1.82, 2.24) is 30.9 Å². The van der Waals surface area contributed by atoms with E-state index < -0.39 is 52.9 Å². The van der Waals surface area contributed by atoms with Gasteiger partial charge in [0.1, 0.15) is 24.4 Å². The van der Waals surface area contributed by atoms with E-state index in [2.05, 4.69) is 44.9 Å². The first kappa shape index (κ1) is 51.9. The molecular weight excluding hydrogens is 916 g/mol. The number of H-pyrrole nitrogens is 1. The molecule has 17 heteroatoms. The number of nitrogens with zero attached hydrogens (tertiary/aromatic N) is 2. The van der Waals surface area contributed by atoms with Crippen LogP contribution in [0.5, 0.6) is 5.75 Å². The number of aromatic nitrogens is 1. The first-order chi connectivity index (χ1) is 33.6. The SMILES string of the molecule is Cc1ccsc1-c1ccc(CNC(=O)[C@@H]2C[C@@H](O)CN2C(=O)[C@@H](NC(=O)C2(F)CC2)C(C)(C)C)c(OCCOCCOCCN(CCc2c[nH]c3ccccc23)Cc2ccc(/C=C/C(=O)NO)cc2)c1. The smallest absolute Gasteiger partial charge is 0.267 e. The number of alkyl halides is 1. The maximum atomic E-state index is 14.7. The predicted molar refractivity (Wildman–Crippen MR) is 267 cm³/mol. The minimum atomic E-state index is -1.98. The van der Waals surface area contributed by atoms with Crippen LogP contribution < -0.4 is 20.9 Å². The molecule has 1 saturated carbocycles. The van der Waals surface area contributed by atoms with Gasteiger partial charge in [-0.3, -0.25) is 29.3 Å². The number of ether oxygens (including phenoxy) is 3. The van der Waals surface area contributed by atoms with E-state index in [1.54, 1.807) is 43.7 Å². The fraction of sp³-hybridized carbons (Fsp3) is 0.434. The van der Waals surface area contributed by atoms with Gasteiger partial charge in [-0.15, -0.1) is 11.3 Å². The van der Waals surface area contributed by atoms with Crippen LogP contribution in [-0.4, -0.2) is 125 Å². The summed E-state index contributed by atoms with van der Waals surface area (Å²) in [6, 6.07) is 22.0. The number of aliphatic hydroxyl groups is 1. The average molecular weight is 981 g/mol. The number of aryl methyl sites for hydroxylation is 1. The molecule has 6 N–H and O–H groups in total. The number of benzene rings is 3. The summed E-state index contributed by atoms with van der Waals surface area (Å²) in [5.41, 5.74) is 5.93. The first-order valence-electron chi connectivity index (χ1n) is 23.8. The molecule has 70 heavy (non-hydrogen) atoms. The normalized spacial score (nSPS) is 17.0. The summed E-state index contributed by atoms with van der Waals surface area (Å²) in [7, 11) is 0. The number of para-hydroxylation sites is 1. The number of carbonyl (C=O) groups excluding carboxylic acids is 4. The fourth-order valence-electron chi connectivity index (χ4n) is 8.48. The summed E-state index contributed by atoms with van der Waals surface area (Å²) in [6.45, 7) is 11.3. The molecule has 5 aromatic rings. The summed E-state index contributed by atoms with van der Waals surface area (Å²) in [5, 5.41) is 28.2. The van der Waals surface area contributed by atoms with Gasteiger partial charge in [-0.05, 0) is 89.1 Å². The molecule has 3 atom stereocenters. The number of amides is 4. The van der Waals surface area contributed by atoms with Crippen molar-refractivity contribution in [1.29, 1.82) is 0 Å². The minimum absolute atomic E-state index is 0.0187. The molecule has 15 nitrogen and oxygen atoms in total. The van der Waals surface area contributed by atoms with Crippen molar-refractivity contribution in [2.75, 3.05) is 52.7 Å². The fourth-order valence-corrected chi connectivity index (χ4v) is 9.40. The van der Waals surface area contributed by atoms with E-state index in [1.807, 2.05) is 66.9 Å². The number of β-amino-alcohol motifs (C(OH)–C–C–N with tert-alkyl or cyclic N) is 1. The number of aliphatic hydroxyl groups excluding tert-OH is 1. The predicted octanol–water partition coefficient (Wildman–Crippen LogP) is 6.49. The Labute approximate surface area is 412 Å². The highest BCUT2D eigenvalue weighted by molar-refractivity contribution is 7.13. The van der Waals surface area contributed by atoms with Crippen molar-refractivity contribution < 1.29 is 48.1 Å². The van der Waals surface area contributed by atoms with Crippen LogP contribution in [0.3, 0.4) is 0 Å². The van der Waals surface area contributed by atoms with Crippen molar-refractivity contribution in [3.63, 3.8) is 0 Å². The molecule has 0 spiro atoms. The zero-order valence-electron chi connectivity index (χ0n) is 40.3. The zero-order valence-corrected chi connectivity index (χ0v) is 41.1. The van der Waals surface area contributed by atoms with E-state index in [9.17, 15) is 28.7 Å². The van der Waals surface area contributed by atoms with Crippen LogP contribution in [0.25, 0.3) is 27.4 Å². The third-order valence-electron chi connectivity index (χ3n) is 12.7. The van der Waals surface area contributed by atoms with Crippen molar-refractivity contribution in [3.05, 3.63) is 118 Å². The van der Waals surface area contributed by atoms with E-state index in [-0.39, 0.29) is 45.6 Å². The minimum Gasteiger partial charge on any atom is -0.491 e. The highest BCUT2D eigenvalue weighted by Crippen LogP contribution is 2.40. The van der Waals surface area contributed by atoms with Crippen molar-refractivity contribution in [3.8, 4) is 16.2 Å².